The van der Waals surface area contributed by atoms with Gasteiger partial charge in [0.1, 0.15) is 0 Å². The quantitative estimate of drug-likeness (QED) is 0.648. The molecule has 0 fully saturated rings. The highest BCUT2D eigenvalue weighted by atomic mass is 16.1. The van der Waals surface area contributed by atoms with Crippen LogP contribution in [-0.4, -0.2) is 5.78 Å². The van der Waals surface area contributed by atoms with Crippen molar-refractivity contribution in [3.63, 3.8) is 0 Å². The van der Waals surface area contributed by atoms with Crippen LogP contribution in [0.25, 0.3) is 0 Å². The summed E-state index contributed by atoms with van der Waals surface area (Å²) in [4.78, 5) is 11.6. The Morgan fingerprint density at radius 1 is 1.46 bits per heavy atom. The molecule has 0 N–H and O–H groups in total. The molecule has 0 heterocycles. The number of ketones is 1. The van der Waals surface area contributed by atoms with E-state index in [1.165, 1.54) is 0 Å². The predicted octanol–water partition coefficient (Wildman–Crippen LogP) is 1.96. The van der Waals surface area contributed by atoms with E-state index >= 15 is 0 Å². The van der Waals surface area contributed by atoms with Gasteiger partial charge in [-0.15, -0.1) is 0 Å². The van der Waals surface area contributed by atoms with Crippen LogP contribution in [0.1, 0.15) is 22.3 Å². The fourth-order valence-corrected chi connectivity index (χ4v) is 1.79. The van der Waals surface area contributed by atoms with Gasteiger partial charge in [0, 0.05) is 17.9 Å². The van der Waals surface area contributed by atoms with Gasteiger partial charge in [-0.3, -0.25) is 4.79 Å². The molecule has 64 valence electrons. The van der Waals surface area contributed by atoms with Crippen LogP contribution in [0.15, 0.2) is 24.3 Å². The number of benzene rings is 1. The summed E-state index contributed by atoms with van der Waals surface area (Å²) in [6, 6.07) is 9.66. The Labute approximate surface area is 76.8 Å². The van der Waals surface area contributed by atoms with Crippen molar-refractivity contribution >= 4 is 5.78 Å². The van der Waals surface area contributed by atoms with E-state index < -0.39 is 0 Å². The van der Waals surface area contributed by atoms with Crippen LogP contribution in [-0.2, 0) is 6.42 Å². The number of hydrogen-bond acceptors (Lipinski definition) is 2. The van der Waals surface area contributed by atoms with E-state index in [-0.39, 0.29) is 11.7 Å². The molecule has 13 heavy (non-hydrogen) atoms. The minimum atomic E-state index is -0.0950. The van der Waals surface area contributed by atoms with Gasteiger partial charge in [-0.2, -0.15) is 5.26 Å². The standard InChI is InChI=1S/C11H9NO/c12-6-5-9-7-8-3-1-2-4-10(8)11(9)13/h1-4,9H,5,7H2/t9-/m1/s1. The normalized spacial score (nSPS) is 19.6. The Morgan fingerprint density at radius 3 is 2.92 bits per heavy atom. The van der Waals surface area contributed by atoms with Gasteiger partial charge >= 0.3 is 0 Å². The SMILES string of the molecule is N#CC[C@@H]1Cc2ccccc2C1=O. The van der Waals surface area contributed by atoms with Gasteiger partial charge in [0.2, 0.25) is 0 Å². The lowest BCUT2D eigenvalue weighted by Crippen LogP contribution is -2.07. The second-order valence-corrected chi connectivity index (χ2v) is 3.28. The monoisotopic (exact) mass is 171 g/mol. The molecule has 1 aliphatic carbocycles. The lowest BCUT2D eigenvalue weighted by Gasteiger charge is -1.98. The minimum absolute atomic E-state index is 0.0950. The lowest BCUT2D eigenvalue weighted by atomic mass is 10.0. The largest absolute Gasteiger partial charge is 0.294 e. The number of nitrogens with zero attached hydrogens (tertiary/aromatic N) is 1. The molecule has 0 aliphatic heterocycles. The molecule has 2 nitrogen and oxygen atoms in total. The number of nitriles is 1. The van der Waals surface area contributed by atoms with Crippen LogP contribution in [0.2, 0.25) is 0 Å². The summed E-state index contributed by atoms with van der Waals surface area (Å²) in [6.45, 7) is 0. The molecule has 0 saturated heterocycles. The molecule has 0 spiro atoms. The molecule has 1 aromatic rings. The molecule has 2 heteroatoms. The average Bonchev–Trinajstić information content (AvgIpc) is 2.46. The first-order chi connectivity index (χ1) is 6.33. The Balaban J connectivity index is 2.34. The molecule has 0 aromatic heterocycles. The molecular formula is C11H9NO. The van der Waals surface area contributed by atoms with Crippen molar-refractivity contribution in [3.05, 3.63) is 35.4 Å². The minimum Gasteiger partial charge on any atom is -0.294 e. The third kappa shape index (κ3) is 1.23. The van der Waals surface area contributed by atoms with Crippen molar-refractivity contribution in [3.8, 4) is 6.07 Å². The molecule has 0 amide bonds. The third-order valence-corrected chi connectivity index (χ3v) is 2.46. The van der Waals surface area contributed by atoms with Gasteiger partial charge in [0.25, 0.3) is 0 Å². The highest BCUT2D eigenvalue weighted by molar-refractivity contribution is 6.02. The van der Waals surface area contributed by atoms with Gasteiger partial charge in [-0.25, -0.2) is 0 Å². The zero-order chi connectivity index (χ0) is 9.26. The van der Waals surface area contributed by atoms with E-state index in [0.29, 0.717) is 6.42 Å². The fraction of sp³-hybridized carbons (Fsp3) is 0.273. The summed E-state index contributed by atoms with van der Waals surface area (Å²) >= 11 is 0. The van der Waals surface area contributed by atoms with E-state index in [0.717, 1.165) is 17.5 Å². The number of carbonyl (C=O) groups is 1. The second-order valence-electron chi connectivity index (χ2n) is 3.28. The Kier molecular flexibility index (Phi) is 1.86. The summed E-state index contributed by atoms with van der Waals surface area (Å²) in [7, 11) is 0. The summed E-state index contributed by atoms with van der Waals surface area (Å²) < 4.78 is 0. The van der Waals surface area contributed by atoms with Crippen LogP contribution in [0, 0.1) is 17.2 Å². The molecular weight excluding hydrogens is 162 g/mol. The van der Waals surface area contributed by atoms with Crippen molar-refractivity contribution in [2.24, 2.45) is 5.92 Å². The van der Waals surface area contributed by atoms with E-state index in [1.807, 2.05) is 24.3 Å². The van der Waals surface area contributed by atoms with E-state index in [4.69, 9.17) is 5.26 Å². The fourth-order valence-electron chi connectivity index (χ4n) is 1.79. The maximum Gasteiger partial charge on any atom is 0.167 e. The summed E-state index contributed by atoms with van der Waals surface area (Å²) in [5, 5.41) is 8.52. The topological polar surface area (TPSA) is 40.9 Å². The van der Waals surface area contributed by atoms with Gasteiger partial charge in [-0.1, -0.05) is 24.3 Å². The second kappa shape index (κ2) is 3.02. The molecule has 1 atom stereocenters. The number of carbonyl (C=O) groups excluding carboxylic acids is 1. The third-order valence-electron chi connectivity index (χ3n) is 2.46. The molecule has 1 aromatic carbocycles. The van der Waals surface area contributed by atoms with Crippen molar-refractivity contribution < 1.29 is 4.79 Å². The van der Waals surface area contributed by atoms with Crippen LogP contribution < -0.4 is 0 Å². The van der Waals surface area contributed by atoms with Crippen LogP contribution in [0.5, 0.6) is 0 Å². The molecule has 0 radical (unpaired) electrons. The maximum atomic E-state index is 11.6. The number of fused-ring (bicyclic) bond motifs is 1. The molecule has 0 unspecified atom stereocenters. The summed E-state index contributed by atoms with van der Waals surface area (Å²) in [5.41, 5.74) is 1.90. The lowest BCUT2D eigenvalue weighted by molar-refractivity contribution is 0.0938. The number of rotatable bonds is 1. The molecule has 1 aliphatic rings. The molecule has 0 saturated carbocycles. The Morgan fingerprint density at radius 2 is 2.23 bits per heavy atom. The van der Waals surface area contributed by atoms with Gasteiger partial charge < -0.3 is 0 Å². The Bertz CT molecular complexity index is 389. The van der Waals surface area contributed by atoms with Gasteiger partial charge in [0.15, 0.2) is 5.78 Å². The van der Waals surface area contributed by atoms with Crippen LogP contribution >= 0.6 is 0 Å². The van der Waals surface area contributed by atoms with Crippen molar-refractivity contribution in [2.75, 3.05) is 0 Å². The Hall–Kier alpha value is -1.62. The van der Waals surface area contributed by atoms with E-state index in [2.05, 4.69) is 6.07 Å². The predicted molar refractivity (Wildman–Crippen MR) is 48.2 cm³/mol. The molecule has 2 rings (SSSR count). The highest BCUT2D eigenvalue weighted by Gasteiger charge is 2.29. The van der Waals surface area contributed by atoms with Crippen LogP contribution in [0.3, 0.4) is 0 Å². The van der Waals surface area contributed by atoms with E-state index in [1.54, 1.807) is 0 Å². The first-order valence-electron chi connectivity index (χ1n) is 4.32. The van der Waals surface area contributed by atoms with Crippen LogP contribution in [0.4, 0.5) is 0 Å². The maximum absolute atomic E-state index is 11.6. The van der Waals surface area contributed by atoms with Gasteiger partial charge in [0.05, 0.1) is 6.07 Å². The summed E-state index contributed by atoms with van der Waals surface area (Å²) in [6.07, 6.45) is 1.08. The zero-order valence-corrected chi connectivity index (χ0v) is 7.16. The van der Waals surface area contributed by atoms with Gasteiger partial charge in [-0.05, 0) is 12.0 Å². The van der Waals surface area contributed by atoms with Crippen molar-refractivity contribution in [2.45, 2.75) is 12.8 Å². The smallest absolute Gasteiger partial charge is 0.167 e. The summed E-state index contributed by atoms with van der Waals surface area (Å²) in [5.74, 6) is 0.0413. The molecule has 0 bridgehead atoms. The number of Topliss-reactive ketones (excluding diaryl/α,β-unsaturated/α-hetero) is 1. The first-order valence-corrected chi connectivity index (χ1v) is 4.32. The van der Waals surface area contributed by atoms with Crippen molar-refractivity contribution in [1.82, 2.24) is 0 Å². The zero-order valence-electron chi connectivity index (χ0n) is 7.16. The average molecular weight is 171 g/mol. The van der Waals surface area contributed by atoms with E-state index in [9.17, 15) is 4.79 Å². The number of hydrogen-bond donors (Lipinski definition) is 0. The van der Waals surface area contributed by atoms with Crippen molar-refractivity contribution in [1.29, 1.82) is 5.26 Å². The highest BCUT2D eigenvalue weighted by Crippen LogP contribution is 2.27. The first kappa shape index (κ1) is 8.00.